The number of allylic oxidation sites excluding steroid dienone is 16. The topological polar surface area (TPSA) is 117 Å². The minimum Gasteiger partial charge on any atom is -0.457 e. The minimum atomic E-state index is -4.31. The van der Waals surface area contributed by atoms with Gasteiger partial charge in [-0.3, -0.25) is 13.8 Å². The summed E-state index contributed by atoms with van der Waals surface area (Å²) in [6, 6.07) is 0. The van der Waals surface area contributed by atoms with E-state index in [0.717, 1.165) is 57.8 Å². The first-order valence-corrected chi connectivity index (χ1v) is 24.2. The summed E-state index contributed by atoms with van der Waals surface area (Å²) in [4.78, 5) is 22.5. The van der Waals surface area contributed by atoms with E-state index < -0.39 is 19.9 Å². The molecule has 2 atom stereocenters. The second-order valence-corrected chi connectivity index (χ2v) is 16.0. The zero-order chi connectivity index (χ0) is 42.3. The number of hydrogen-bond donors (Lipinski definition) is 2. The highest BCUT2D eigenvalue weighted by Gasteiger charge is 2.25. The van der Waals surface area contributed by atoms with E-state index in [-0.39, 0.29) is 32.8 Å². The maximum Gasteiger partial charge on any atom is 0.472 e. The third kappa shape index (κ3) is 44.5. The summed E-state index contributed by atoms with van der Waals surface area (Å²) < 4.78 is 33.4. The van der Waals surface area contributed by atoms with Gasteiger partial charge in [-0.1, -0.05) is 175 Å². The Labute approximate surface area is 355 Å². The summed E-state index contributed by atoms with van der Waals surface area (Å²) in [6.07, 6.45) is 60.1. The summed E-state index contributed by atoms with van der Waals surface area (Å²) in [5.41, 5.74) is 5.37. The number of phosphoric ester groups is 1. The Bertz CT molecular complexity index is 1200. The number of rotatable bonds is 42. The van der Waals surface area contributed by atoms with Crippen LogP contribution in [-0.2, 0) is 27.9 Å². The predicted octanol–water partition coefficient (Wildman–Crippen LogP) is 13.9. The van der Waals surface area contributed by atoms with Gasteiger partial charge in [-0.15, -0.1) is 0 Å². The van der Waals surface area contributed by atoms with Crippen molar-refractivity contribution >= 4 is 13.8 Å². The molecule has 0 rings (SSSR count). The zero-order valence-corrected chi connectivity index (χ0v) is 37.6. The Kier molecular flexibility index (Phi) is 43.5. The van der Waals surface area contributed by atoms with Crippen molar-refractivity contribution < 1.29 is 32.8 Å². The zero-order valence-electron chi connectivity index (χ0n) is 36.7. The summed E-state index contributed by atoms with van der Waals surface area (Å²) in [5.74, 6) is -0.416. The lowest BCUT2D eigenvalue weighted by Gasteiger charge is -2.20. The number of phosphoric acid groups is 1. The monoisotopic (exact) mass is 830 g/mol. The molecule has 0 saturated carbocycles. The molecule has 9 heteroatoms. The number of unbranched alkanes of at least 4 members (excludes halogenated alkanes) is 13. The average molecular weight is 830 g/mol. The molecule has 0 saturated heterocycles. The second-order valence-electron chi connectivity index (χ2n) is 14.5. The summed E-state index contributed by atoms with van der Waals surface area (Å²) in [7, 11) is -4.31. The quantitative estimate of drug-likeness (QED) is 0.0270. The molecule has 0 aliphatic carbocycles. The van der Waals surface area contributed by atoms with E-state index in [2.05, 4.69) is 98.9 Å². The fraction of sp³-hybridized carbons (Fsp3) is 0.653. The highest BCUT2D eigenvalue weighted by Crippen LogP contribution is 2.43. The molecule has 0 heterocycles. The molecule has 0 aromatic heterocycles. The molecule has 2 unspecified atom stereocenters. The summed E-state index contributed by atoms with van der Waals surface area (Å²) in [5, 5.41) is 0. The molecular formula is C49H84NO7P. The molecule has 0 spiro atoms. The first kappa shape index (κ1) is 55.4. The molecule has 0 aromatic rings. The molecule has 0 bridgehead atoms. The van der Waals surface area contributed by atoms with E-state index >= 15 is 0 Å². The van der Waals surface area contributed by atoms with Crippen LogP contribution in [0.15, 0.2) is 97.2 Å². The van der Waals surface area contributed by atoms with Crippen molar-refractivity contribution in [1.82, 2.24) is 0 Å². The van der Waals surface area contributed by atoms with Gasteiger partial charge < -0.3 is 20.1 Å². The Morgan fingerprint density at radius 2 is 0.966 bits per heavy atom. The van der Waals surface area contributed by atoms with Gasteiger partial charge in [-0.2, -0.15) is 0 Å². The Hall–Kier alpha value is -2.58. The number of esters is 1. The van der Waals surface area contributed by atoms with E-state index in [4.69, 9.17) is 24.3 Å². The molecule has 58 heavy (non-hydrogen) atoms. The van der Waals surface area contributed by atoms with Crippen molar-refractivity contribution in [2.45, 2.75) is 174 Å². The molecular weight excluding hydrogens is 746 g/mol. The Morgan fingerprint density at radius 3 is 1.45 bits per heavy atom. The van der Waals surface area contributed by atoms with Gasteiger partial charge in [0.15, 0.2) is 0 Å². The third-order valence-corrected chi connectivity index (χ3v) is 9.98. The molecule has 0 amide bonds. The number of nitrogens with two attached hydrogens (primary N) is 1. The summed E-state index contributed by atoms with van der Waals surface area (Å²) in [6.45, 7) is 4.65. The first-order chi connectivity index (χ1) is 28.4. The lowest BCUT2D eigenvalue weighted by atomic mass is 10.1. The summed E-state index contributed by atoms with van der Waals surface area (Å²) >= 11 is 0. The van der Waals surface area contributed by atoms with Crippen molar-refractivity contribution in [2.24, 2.45) is 5.73 Å². The fourth-order valence-corrected chi connectivity index (χ4v) is 6.46. The van der Waals surface area contributed by atoms with E-state index in [1.165, 1.54) is 83.5 Å². The number of hydrogen-bond acceptors (Lipinski definition) is 7. The van der Waals surface area contributed by atoms with Crippen LogP contribution in [0, 0.1) is 0 Å². The van der Waals surface area contributed by atoms with Crippen LogP contribution in [-0.4, -0.2) is 49.9 Å². The largest absolute Gasteiger partial charge is 0.472 e. The maximum atomic E-state index is 12.6. The fourth-order valence-electron chi connectivity index (χ4n) is 5.70. The molecule has 0 radical (unpaired) electrons. The molecule has 0 aliphatic heterocycles. The molecule has 0 fully saturated rings. The third-order valence-electron chi connectivity index (χ3n) is 9.00. The number of carbonyl (C=O) groups excluding carboxylic acids is 1. The van der Waals surface area contributed by atoms with Gasteiger partial charge in [0.1, 0.15) is 6.10 Å². The van der Waals surface area contributed by atoms with Gasteiger partial charge >= 0.3 is 13.8 Å². The Balaban J connectivity index is 4.15. The second kappa shape index (κ2) is 45.5. The van der Waals surface area contributed by atoms with Gasteiger partial charge in [-0.05, 0) is 83.5 Å². The van der Waals surface area contributed by atoms with Crippen LogP contribution in [0.1, 0.15) is 168 Å². The highest BCUT2D eigenvalue weighted by molar-refractivity contribution is 7.47. The van der Waals surface area contributed by atoms with Crippen LogP contribution in [0.25, 0.3) is 0 Å². The van der Waals surface area contributed by atoms with Crippen molar-refractivity contribution in [3.05, 3.63) is 97.2 Å². The van der Waals surface area contributed by atoms with Crippen molar-refractivity contribution in [2.75, 3.05) is 33.0 Å². The number of carbonyl (C=O) groups is 1. The normalized spacial score (nSPS) is 14.3. The van der Waals surface area contributed by atoms with E-state index in [1.54, 1.807) is 0 Å². The number of ether oxygens (including phenoxy) is 2. The smallest absolute Gasteiger partial charge is 0.457 e. The molecule has 8 nitrogen and oxygen atoms in total. The van der Waals surface area contributed by atoms with E-state index in [0.29, 0.717) is 13.0 Å². The van der Waals surface area contributed by atoms with Crippen LogP contribution < -0.4 is 5.73 Å². The lowest BCUT2D eigenvalue weighted by molar-refractivity contribution is -0.154. The highest BCUT2D eigenvalue weighted by atomic mass is 31.2. The molecule has 332 valence electrons. The molecule has 0 aliphatic rings. The SMILES string of the molecule is CC/C=C\C/C=C\C/C=C\C/C=C\C/C=C\C/C=C\CCC(=O)OC(COCCCCCCCCCCCC/C=C\C/C=C\CCCCC)COP(=O)(O)OCCN. The van der Waals surface area contributed by atoms with Crippen LogP contribution >= 0.6 is 7.82 Å². The van der Waals surface area contributed by atoms with E-state index in [1.807, 2.05) is 12.2 Å². The first-order valence-electron chi connectivity index (χ1n) is 22.7. The van der Waals surface area contributed by atoms with Crippen molar-refractivity contribution in [3.8, 4) is 0 Å². The standard InChI is InChI=1S/C49H84NO7P/c1-3-5-7-9-11-13-15-17-19-21-23-25-27-29-31-33-35-37-39-41-44-54-46-48(47-56-58(52,53)55-45-43-50)57-49(51)42-40-38-36-34-32-30-28-26-24-22-20-18-16-14-12-10-8-6-4-2/h6,8,11-14,17-20,24,26,30,32,36,38,48H,3-5,7,9-10,15-16,21-23,25,27-29,31,33-35,37,39-47,50H2,1-2H3,(H,52,53)/b8-6-,13-11-,14-12-,19-17-,20-18-,26-24-,32-30-,38-36-. The van der Waals surface area contributed by atoms with Crippen LogP contribution in [0.4, 0.5) is 0 Å². The molecule has 3 N–H and O–H groups in total. The van der Waals surface area contributed by atoms with Crippen LogP contribution in [0.2, 0.25) is 0 Å². The predicted molar refractivity (Wildman–Crippen MR) is 247 cm³/mol. The van der Waals surface area contributed by atoms with E-state index in [9.17, 15) is 14.3 Å². The maximum absolute atomic E-state index is 12.6. The average Bonchev–Trinajstić information content (AvgIpc) is 3.21. The Morgan fingerprint density at radius 1 is 0.534 bits per heavy atom. The minimum absolute atomic E-state index is 0.0779. The lowest BCUT2D eigenvalue weighted by Crippen LogP contribution is -2.28. The molecule has 0 aromatic carbocycles. The van der Waals surface area contributed by atoms with Gasteiger partial charge in [0.25, 0.3) is 0 Å². The van der Waals surface area contributed by atoms with Gasteiger partial charge in [0, 0.05) is 19.6 Å². The van der Waals surface area contributed by atoms with Crippen molar-refractivity contribution in [1.29, 1.82) is 0 Å². The van der Waals surface area contributed by atoms with Gasteiger partial charge in [0.2, 0.25) is 0 Å². The van der Waals surface area contributed by atoms with Gasteiger partial charge in [0.05, 0.1) is 19.8 Å². The van der Waals surface area contributed by atoms with Crippen LogP contribution in [0.3, 0.4) is 0 Å². The van der Waals surface area contributed by atoms with Gasteiger partial charge in [-0.25, -0.2) is 4.57 Å². The van der Waals surface area contributed by atoms with Crippen molar-refractivity contribution in [3.63, 3.8) is 0 Å². The van der Waals surface area contributed by atoms with Crippen LogP contribution in [0.5, 0.6) is 0 Å².